The van der Waals surface area contributed by atoms with E-state index in [1.807, 2.05) is 6.92 Å². The van der Waals surface area contributed by atoms with E-state index < -0.39 is 48.5 Å². The maximum Gasteiger partial charge on any atom is 0.251 e. The second-order valence-electron chi connectivity index (χ2n) is 8.88. The number of hydrogen-bond donors (Lipinski definition) is 4. The van der Waals surface area contributed by atoms with Crippen molar-refractivity contribution in [2.45, 2.75) is 50.4 Å². The van der Waals surface area contributed by atoms with Gasteiger partial charge in [-0.1, -0.05) is 43.7 Å². The van der Waals surface area contributed by atoms with Crippen molar-refractivity contribution in [1.82, 2.24) is 25.8 Å². The fraction of sp³-hybridized carbons (Fsp3) is 0.542. The number of carbonyl (C=O) groups excluding carboxylic acids is 5. The van der Waals surface area contributed by atoms with Crippen molar-refractivity contribution in [2.24, 2.45) is 0 Å². The number of ketones is 1. The number of aliphatic hydroxyl groups is 1. The fourth-order valence-electron chi connectivity index (χ4n) is 3.87. The van der Waals surface area contributed by atoms with Gasteiger partial charge in [0, 0.05) is 20.5 Å². The molecule has 0 saturated carbocycles. The summed E-state index contributed by atoms with van der Waals surface area (Å²) in [4.78, 5) is 64.8. The monoisotopic (exact) mass is 489 g/mol. The summed E-state index contributed by atoms with van der Waals surface area (Å²) in [7, 11) is 4.81. The molecule has 1 fully saturated rings. The number of nitrogens with one attached hydrogen (secondary N) is 3. The summed E-state index contributed by atoms with van der Waals surface area (Å²) >= 11 is 0. The van der Waals surface area contributed by atoms with Crippen LogP contribution in [0.25, 0.3) is 0 Å². The first kappa shape index (κ1) is 27.9. The molecule has 4 atom stereocenters. The molecule has 1 aliphatic heterocycles. The van der Waals surface area contributed by atoms with Crippen LogP contribution in [0.4, 0.5) is 0 Å². The van der Waals surface area contributed by atoms with Crippen LogP contribution in [0.5, 0.6) is 0 Å². The van der Waals surface area contributed by atoms with E-state index in [1.54, 1.807) is 56.4 Å². The van der Waals surface area contributed by atoms with Gasteiger partial charge >= 0.3 is 0 Å². The molecule has 0 radical (unpaired) electrons. The van der Waals surface area contributed by atoms with Gasteiger partial charge in [-0.05, 0) is 19.0 Å². The van der Waals surface area contributed by atoms with Gasteiger partial charge in [-0.2, -0.15) is 0 Å². The minimum atomic E-state index is -1.59. The second-order valence-corrected chi connectivity index (χ2v) is 8.88. The number of carbonyl (C=O) groups is 5. The summed E-state index contributed by atoms with van der Waals surface area (Å²) in [5, 5.41) is 18.2. The molecular formula is C24H35N5O6. The van der Waals surface area contributed by atoms with Crippen molar-refractivity contribution >= 4 is 29.4 Å². The highest BCUT2D eigenvalue weighted by atomic mass is 16.3. The van der Waals surface area contributed by atoms with Crippen molar-refractivity contribution in [3.05, 3.63) is 35.9 Å². The number of nitrogens with zero attached hydrogens (tertiary/aromatic N) is 2. The highest BCUT2D eigenvalue weighted by Gasteiger charge is 2.36. The summed E-state index contributed by atoms with van der Waals surface area (Å²) in [6.07, 6.45) is -0.606. The van der Waals surface area contributed by atoms with Crippen molar-refractivity contribution in [1.29, 1.82) is 0 Å². The number of benzene rings is 1. The lowest BCUT2D eigenvalue weighted by Crippen LogP contribution is -2.55. The number of likely N-dealkylation sites (N-methyl/N-ethyl adjacent to an activating group) is 2. The summed E-state index contributed by atoms with van der Waals surface area (Å²) in [5.41, 5.74) is 0.590. The van der Waals surface area contributed by atoms with Crippen LogP contribution in [0.2, 0.25) is 0 Å². The SMILES string of the molecule is CCCC(NC(=O)C1CC(=O)CN1C)C(O)C(=O)NCC(=O)N[C@H](C(=O)N(C)C)c1ccccc1. The Bertz CT molecular complexity index is 922. The third-order valence-corrected chi connectivity index (χ3v) is 5.81. The third-order valence-electron chi connectivity index (χ3n) is 5.81. The molecule has 0 bridgehead atoms. The average molecular weight is 490 g/mol. The van der Waals surface area contributed by atoms with E-state index in [4.69, 9.17) is 0 Å². The largest absolute Gasteiger partial charge is 0.381 e. The molecule has 0 aliphatic carbocycles. The zero-order valence-electron chi connectivity index (χ0n) is 20.6. The van der Waals surface area contributed by atoms with Crippen LogP contribution < -0.4 is 16.0 Å². The zero-order chi connectivity index (χ0) is 26.1. The minimum absolute atomic E-state index is 0.0504. The average Bonchev–Trinajstić information content (AvgIpc) is 3.18. The topological polar surface area (TPSA) is 148 Å². The van der Waals surface area contributed by atoms with Crippen molar-refractivity contribution < 1.29 is 29.1 Å². The zero-order valence-corrected chi connectivity index (χ0v) is 20.6. The standard InChI is InChI=1S/C24H35N5O6/c1-5-9-17(26-22(33)18-12-16(30)14-29(18)4)21(32)23(34)25-13-19(31)27-20(24(35)28(2)3)15-10-7-6-8-11-15/h6-8,10-11,17-18,20-21,32H,5,9,12-14H2,1-4H3,(H,25,34)(H,26,33)(H,27,31)/t17?,18?,20-,21?/m0/s1. The molecule has 1 aliphatic rings. The smallest absolute Gasteiger partial charge is 0.251 e. The Morgan fingerprint density at radius 3 is 2.34 bits per heavy atom. The quantitative estimate of drug-likeness (QED) is 0.311. The Morgan fingerprint density at radius 2 is 1.80 bits per heavy atom. The first-order valence-electron chi connectivity index (χ1n) is 11.6. The molecule has 1 saturated heterocycles. The highest BCUT2D eigenvalue weighted by Crippen LogP contribution is 2.15. The lowest BCUT2D eigenvalue weighted by atomic mass is 10.0. The molecule has 0 aromatic heterocycles. The van der Waals surface area contributed by atoms with Gasteiger partial charge in [0.05, 0.1) is 25.2 Å². The second kappa shape index (κ2) is 13.0. The number of hydrogen-bond acceptors (Lipinski definition) is 7. The number of likely N-dealkylation sites (tertiary alicyclic amines) is 1. The van der Waals surface area contributed by atoms with Gasteiger partial charge in [0.2, 0.25) is 17.7 Å². The predicted molar refractivity (Wildman–Crippen MR) is 128 cm³/mol. The molecule has 1 aromatic rings. The molecule has 192 valence electrons. The van der Waals surface area contributed by atoms with E-state index in [-0.39, 0.29) is 24.7 Å². The van der Waals surface area contributed by atoms with Crippen LogP contribution in [0, 0.1) is 0 Å². The number of Topliss-reactive ketones (excluding diaryl/α,β-unsaturated/α-hetero) is 1. The van der Waals surface area contributed by atoms with Crippen molar-refractivity contribution in [3.63, 3.8) is 0 Å². The van der Waals surface area contributed by atoms with Crippen LogP contribution in [-0.2, 0) is 24.0 Å². The lowest BCUT2D eigenvalue weighted by Gasteiger charge is -2.26. The lowest BCUT2D eigenvalue weighted by molar-refractivity contribution is -0.136. The van der Waals surface area contributed by atoms with Gasteiger partial charge in [-0.15, -0.1) is 0 Å². The maximum atomic E-state index is 12.6. The highest BCUT2D eigenvalue weighted by molar-refractivity contribution is 5.94. The molecule has 1 heterocycles. The van der Waals surface area contributed by atoms with Gasteiger partial charge in [0.15, 0.2) is 6.10 Å². The summed E-state index contributed by atoms with van der Waals surface area (Å²) in [6, 6.07) is 6.24. The number of aliphatic hydroxyl groups excluding tert-OH is 1. The summed E-state index contributed by atoms with van der Waals surface area (Å²) < 4.78 is 0. The van der Waals surface area contributed by atoms with Gasteiger partial charge < -0.3 is 26.0 Å². The molecular weight excluding hydrogens is 454 g/mol. The Hall–Kier alpha value is -3.31. The summed E-state index contributed by atoms with van der Waals surface area (Å²) in [5.74, 6) is -2.27. The normalized spacial score (nSPS) is 18.3. The number of amides is 4. The van der Waals surface area contributed by atoms with E-state index in [2.05, 4.69) is 16.0 Å². The van der Waals surface area contributed by atoms with E-state index >= 15 is 0 Å². The molecule has 1 aromatic carbocycles. The molecule has 2 rings (SSSR count). The fourth-order valence-corrected chi connectivity index (χ4v) is 3.87. The first-order valence-corrected chi connectivity index (χ1v) is 11.6. The van der Waals surface area contributed by atoms with Crippen LogP contribution in [0.3, 0.4) is 0 Å². The Kier molecular flexibility index (Phi) is 10.3. The van der Waals surface area contributed by atoms with E-state index in [1.165, 1.54) is 4.90 Å². The maximum absolute atomic E-state index is 12.6. The van der Waals surface area contributed by atoms with Gasteiger partial charge in [0.25, 0.3) is 5.91 Å². The molecule has 11 heteroatoms. The van der Waals surface area contributed by atoms with Gasteiger partial charge in [-0.25, -0.2) is 0 Å². The van der Waals surface area contributed by atoms with Crippen LogP contribution >= 0.6 is 0 Å². The minimum Gasteiger partial charge on any atom is -0.381 e. The third kappa shape index (κ3) is 7.86. The van der Waals surface area contributed by atoms with Crippen molar-refractivity contribution in [2.75, 3.05) is 34.2 Å². The van der Waals surface area contributed by atoms with E-state index in [9.17, 15) is 29.1 Å². The summed E-state index contributed by atoms with van der Waals surface area (Å²) in [6.45, 7) is 1.55. The van der Waals surface area contributed by atoms with Gasteiger partial charge in [0.1, 0.15) is 11.8 Å². The molecule has 0 spiro atoms. The molecule has 35 heavy (non-hydrogen) atoms. The first-order chi connectivity index (χ1) is 16.5. The van der Waals surface area contributed by atoms with E-state index in [0.29, 0.717) is 18.4 Å². The molecule has 4 N–H and O–H groups in total. The Labute approximate surface area is 205 Å². The van der Waals surface area contributed by atoms with Gasteiger partial charge in [-0.3, -0.25) is 28.9 Å². The number of rotatable bonds is 11. The van der Waals surface area contributed by atoms with Crippen LogP contribution in [0.15, 0.2) is 30.3 Å². The van der Waals surface area contributed by atoms with Crippen LogP contribution in [0.1, 0.15) is 37.8 Å². The molecule has 4 amide bonds. The molecule has 11 nitrogen and oxygen atoms in total. The van der Waals surface area contributed by atoms with Crippen LogP contribution in [-0.4, -0.2) is 96.7 Å². The van der Waals surface area contributed by atoms with Crippen molar-refractivity contribution in [3.8, 4) is 0 Å². The Morgan fingerprint density at radius 1 is 1.14 bits per heavy atom. The predicted octanol–water partition coefficient (Wildman–Crippen LogP) is -1.03. The Balaban J connectivity index is 1.96. The van der Waals surface area contributed by atoms with E-state index in [0.717, 1.165) is 0 Å². The molecule has 3 unspecified atom stereocenters.